The van der Waals surface area contributed by atoms with Crippen LogP contribution < -0.4 is 10.1 Å². The first kappa shape index (κ1) is 28.9. The number of aliphatic hydroxyl groups is 2. The maximum atomic E-state index is 13.6. The van der Waals surface area contributed by atoms with E-state index in [1.807, 2.05) is 31.2 Å². The van der Waals surface area contributed by atoms with E-state index in [-0.39, 0.29) is 31.4 Å². The second-order valence-corrected chi connectivity index (χ2v) is 10.6. The third kappa shape index (κ3) is 8.16. The fraction of sp³-hybridized carbons (Fsp3) is 0.630. The van der Waals surface area contributed by atoms with E-state index < -0.39 is 18.2 Å². The lowest BCUT2D eigenvalue weighted by atomic mass is 9.87. The molecule has 1 saturated carbocycles. The van der Waals surface area contributed by atoms with Crippen LogP contribution in [0.2, 0.25) is 0 Å². The fourth-order valence-electron chi connectivity index (χ4n) is 5.00. The number of carbonyl (C=O) groups is 2. The predicted octanol–water partition coefficient (Wildman–Crippen LogP) is 3.04. The van der Waals surface area contributed by atoms with Gasteiger partial charge in [0.15, 0.2) is 0 Å². The molecular formula is C27H39IN2O6. The Labute approximate surface area is 227 Å². The summed E-state index contributed by atoms with van der Waals surface area (Å²) in [5.74, 6) is 0.658. The van der Waals surface area contributed by atoms with E-state index in [0.29, 0.717) is 49.8 Å². The Morgan fingerprint density at radius 3 is 2.67 bits per heavy atom. The number of hydrogen-bond donors (Lipinski definition) is 3. The first-order valence-corrected chi connectivity index (χ1v) is 14.1. The monoisotopic (exact) mass is 614 g/mol. The van der Waals surface area contributed by atoms with E-state index in [2.05, 4.69) is 27.9 Å². The standard InChI is InChI=1S/C27H39IN2O6/c1-2-35-15-7-13-30(25(32)16-19-8-3-4-9-19)22-17-20(27(34)29-12-14-31)18-24(26(22)33)36-23-11-6-5-10-21(23)28/h5-6,10-11,18-19,22,24,26,31,33H,2-4,7-9,12-17H2,1H3,(H,29,34). The third-order valence-electron chi connectivity index (χ3n) is 6.86. The molecule has 0 aromatic heterocycles. The van der Waals surface area contributed by atoms with Crippen molar-refractivity contribution in [3.8, 4) is 5.75 Å². The summed E-state index contributed by atoms with van der Waals surface area (Å²) in [4.78, 5) is 28.2. The maximum Gasteiger partial charge on any atom is 0.247 e. The highest BCUT2D eigenvalue weighted by Crippen LogP contribution is 2.32. The highest BCUT2D eigenvalue weighted by atomic mass is 127. The Bertz CT molecular complexity index is 889. The molecule has 3 atom stereocenters. The van der Waals surface area contributed by atoms with Crippen LogP contribution in [0.25, 0.3) is 0 Å². The van der Waals surface area contributed by atoms with Crippen LogP contribution in [-0.2, 0) is 14.3 Å². The molecule has 3 rings (SSSR count). The summed E-state index contributed by atoms with van der Waals surface area (Å²) in [7, 11) is 0. The maximum absolute atomic E-state index is 13.6. The zero-order valence-electron chi connectivity index (χ0n) is 21.0. The number of carbonyl (C=O) groups excluding carboxylic acids is 2. The van der Waals surface area contributed by atoms with Crippen LogP contribution in [-0.4, -0.2) is 78.1 Å². The van der Waals surface area contributed by atoms with Gasteiger partial charge < -0.3 is 29.9 Å². The molecule has 0 spiro atoms. The fourth-order valence-corrected chi connectivity index (χ4v) is 5.52. The number of ether oxygens (including phenoxy) is 2. The van der Waals surface area contributed by atoms with Crippen molar-refractivity contribution in [1.29, 1.82) is 0 Å². The van der Waals surface area contributed by atoms with Crippen LogP contribution in [0.1, 0.15) is 51.9 Å². The lowest BCUT2D eigenvalue weighted by Crippen LogP contribution is -2.55. The number of rotatable bonds is 13. The number of nitrogens with one attached hydrogen (secondary N) is 1. The Morgan fingerprint density at radius 2 is 1.97 bits per heavy atom. The smallest absolute Gasteiger partial charge is 0.247 e. The highest BCUT2D eigenvalue weighted by molar-refractivity contribution is 14.1. The minimum atomic E-state index is -1.00. The highest BCUT2D eigenvalue weighted by Gasteiger charge is 2.40. The van der Waals surface area contributed by atoms with Crippen molar-refractivity contribution in [1.82, 2.24) is 10.2 Å². The van der Waals surface area contributed by atoms with Crippen LogP contribution in [0.15, 0.2) is 35.9 Å². The molecule has 1 aromatic rings. The molecule has 200 valence electrons. The van der Waals surface area contributed by atoms with Crippen molar-refractivity contribution >= 4 is 34.4 Å². The largest absolute Gasteiger partial charge is 0.482 e. The molecule has 0 saturated heterocycles. The third-order valence-corrected chi connectivity index (χ3v) is 7.76. The van der Waals surface area contributed by atoms with Gasteiger partial charge in [0.2, 0.25) is 11.8 Å². The number of nitrogens with zero attached hydrogens (tertiary/aromatic N) is 1. The van der Waals surface area contributed by atoms with Gasteiger partial charge >= 0.3 is 0 Å². The predicted molar refractivity (Wildman–Crippen MR) is 146 cm³/mol. The molecule has 0 heterocycles. The van der Waals surface area contributed by atoms with Gasteiger partial charge in [-0.2, -0.15) is 0 Å². The summed E-state index contributed by atoms with van der Waals surface area (Å²) in [6.07, 6.45) is 5.57. The SMILES string of the molecule is CCOCCCN(C(=O)CC1CCCC1)C1CC(C(=O)NCCO)=CC(Oc2ccccc2I)C1O. The van der Waals surface area contributed by atoms with E-state index in [1.54, 1.807) is 11.0 Å². The van der Waals surface area contributed by atoms with Crippen molar-refractivity contribution in [3.05, 3.63) is 39.5 Å². The van der Waals surface area contributed by atoms with Crippen LogP contribution in [0.3, 0.4) is 0 Å². The summed E-state index contributed by atoms with van der Waals surface area (Å²) >= 11 is 2.17. The summed E-state index contributed by atoms with van der Waals surface area (Å²) < 4.78 is 12.6. The van der Waals surface area contributed by atoms with Crippen molar-refractivity contribution < 1.29 is 29.3 Å². The topological polar surface area (TPSA) is 108 Å². The molecule has 2 aliphatic carbocycles. The second-order valence-electron chi connectivity index (χ2n) is 9.44. The number of aliphatic hydroxyl groups excluding tert-OH is 2. The molecule has 1 aromatic carbocycles. The molecule has 8 nitrogen and oxygen atoms in total. The summed E-state index contributed by atoms with van der Waals surface area (Å²) in [6, 6.07) is 6.88. The van der Waals surface area contributed by atoms with Gasteiger partial charge in [-0.25, -0.2) is 0 Å². The molecule has 9 heteroatoms. The Hall–Kier alpha value is -1.69. The van der Waals surface area contributed by atoms with Crippen molar-refractivity contribution in [2.45, 2.75) is 70.1 Å². The zero-order chi connectivity index (χ0) is 25.9. The minimum Gasteiger partial charge on any atom is -0.482 e. The van der Waals surface area contributed by atoms with Crippen LogP contribution in [0.4, 0.5) is 0 Å². The number of hydrogen-bond acceptors (Lipinski definition) is 6. The quantitative estimate of drug-likeness (QED) is 0.233. The Balaban J connectivity index is 1.86. The molecule has 2 aliphatic rings. The van der Waals surface area contributed by atoms with E-state index in [0.717, 1.165) is 29.3 Å². The molecule has 0 aliphatic heterocycles. The number of para-hydroxylation sites is 1. The normalized spacial score (nSPS) is 22.2. The molecule has 3 unspecified atom stereocenters. The van der Waals surface area contributed by atoms with Gasteiger partial charge in [-0.05, 0) is 72.9 Å². The summed E-state index contributed by atoms with van der Waals surface area (Å²) in [5, 5.41) is 23.3. The number of benzene rings is 1. The molecule has 36 heavy (non-hydrogen) atoms. The first-order valence-electron chi connectivity index (χ1n) is 13.0. The number of halogens is 1. The minimum absolute atomic E-state index is 0.00695. The van der Waals surface area contributed by atoms with E-state index >= 15 is 0 Å². The van der Waals surface area contributed by atoms with Gasteiger partial charge in [-0.15, -0.1) is 0 Å². The van der Waals surface area contributed by atoms with E-state index in [9.17, 15) is 14.7 Å². The van der Waals surface area contributed by atoms with Gasteiger partial charge in [-0.1, -0.05) is 25.0 Å². The lowest BCUT2D eigenvalue weighted by molar-refractivity contribution is -0.139. The molecule has 2 amide bonds. The summed E-state index contributed by atoms with van der Waals surface area (Å²) in [6.45, 7) is 3.46. The average molecular weight is 615 g/mol. The second kappa shape index (κ2) is 14.9. The first-order chi connectivity index (χ1) is 17.4. The lowest BCUT2D eigenvalue weighted by Gasteiger charge is -2.41. The summed E-state index contributed by atoms with van der Waals surface area (Å²) in [5.41, 5.74) is 0.443. The van der Waals surface area contributed by atoms with Gasteiger partial charge in [0, 0.05) is 44.7 Å². The number of amides is 2. The van der Waals surface area contributed by atoms with Crippen LogP contribution in [0, 0.1) is 9.49 Å². The van der Waals surface area contributed by atoms with Gasteiger partial charge in [0.25, 0.3) is 0 Å². The molecule has 1 fully saturated rings. The van der Waals surface area contributed by atoms with Crippen LogP contribution in [0.5, 0.6) is 5.75 Å². The van der Waals surface area contributed by atoms with Crippen LogP contribution >= 0.6 is 22.6 Å². The molecule has 0 bridgehead atoms. The van der Waals surface area contributed by atoms with Gasteiger partial charge in [-0.3, -0.25) is 9.59 Å². The van der Waals surface area contributed by atoms with Crippen molar-refractivity contribution in [2.75, 3.05) is 32.9 Å². The van der Waals surface area contributed by atoms with Crippen molar-refractivity contribution in [2.24, 2.45) is 5.92 Å². The molecule has 0 radical (unpaired) electrons. The van der Waals surface area contributed by atoms with E-state index in [1.165, 1.54) is 0 Å². The molecule has 3 N–H and O–H groups in total. The Kier molecular flexibility index (Phi) is 12.0. The molecular weight excluding hydrogens is 575 g/mol. The van der Waals surface area contributed by atoms with Gasteiger partial charge in [0.05, 0.1) is 16.2 Å². The van der Waals surface area contributed by atoms with E-state index in [4.69, 9.17) is 14.6 Å². The Morgan fingerprint density at radius 1 is 1.22 bits per heavy atom. The van der Waals surface area contributed by atoms with Gasteiger partial charge in [0.1, 0.15) is 18.0 Å². The van der Waals surface area contributed by atoms with Crippen molar-refractivity contribution in [3.63, 3.8) is 0 Å². The average Bonchev–Trinajstić information content (AvgIpc) is 3.38. The zero-order valence-corrected chi connectivity index (χ0v) is 23.2.